The van der Waals surface area contributed by atoms with Gasteiger partial charge in [-0.2, -0.15) is 35.1 Å². The molecule has 0 saturated carbocycles. The van der Waals surface area contributed by atoms with Crippen LogP contribution in [0.4, 0.5) is 43.9 Å². The molecule has 0 N–H and O–H groups in total. The maximum absolute atomic E-state index is 15.3. The Bertz CT molecular complexity index is 1400. The molecule has 0 heterocycles. The summed E-state index contributed by atoms with van der Waals surface area (Å²) in [5.74, 6) is -21.8. The zero-order chi connectivity index (χ0) is 28.2. The van der Waals surface area contributed by atoms with Crippen molar-refractivity contribution in [3.8, 4) is 28.4 Å². The highest BCUT2D eigenvalue weighted by Gasteiger charge is 2.66. The van der Waals surface area contributed by atoms with Crippen molar-refractivity contribution in [2.45, 2.75) is 31.8 Å². The Labute approximate surface area is 208 Å². The van der Waals surface area contributed by atoms with E-state index in [0.29, 0.717) is 12.1 Å². The van der Waals surface area contributed by atoms with Gasteiger partial charge in [0.05, 0.1) is 24.3 Å². The molecule has 38 heavy (non-hydrogen) atoms. The summed E-state index contributed by atoms with van der Waals surface area (Å²) in [4.78, 5) is 0. The number of rotatable bonds is 7. The molecule has 3 aromatic carbocycles. The van der Waals surface area contributed by atoms with E-state index in [0.717, 1.165) is 18.2 Å². The van der Waals surface area contributed by atoms with Gasteiger partial charge in [-0.3, -0.25) is 0 Å². The second-order valence-electron chi connectivity index (χ2n) is 7.97. The molecular formula is C25H16F10O3. The lowest BCUT2D eigenvalue weighted by atomic mass is 9.79. The summed E-state index contributed by atoms with van der Waals surface area (Å²) < 4.78 is 162. The molecule has 0 radical (unpaired) electrons. The van der Waals surface area contributed by atoms with Crippen LogP contribution in [0.25, 0.3) is 11.1 Å². The van der Waals surface area contributed by atoms with Gasteiger partial charge in [0.15, 0.2) is 23.1 Å². The van der Waals surface area contributed by atoms with Crippen molar-refractivity contribution in [1.29, 1.82) is 0 Å². The van der Waals surface area contributed by atoms with Gasteiger partial charge in [0, 0.05) is 0 Å². The fourth-order valence-corrected chi connectivity index (χ4v) is 4.05. The fourth-order valence-electron chi connectivity index (χ4n) is 4.05. The van der Waals surface area contributed by atoms with Crippen molar-refractivity contribution in [2.75, 3.05) is 13.2 Å². The summed E-state index contributed by atoms with van der Waals surface area (Å²) in [6.45, 7) is 2.51. The summed E-state index contributed by atoms with van der Waals surface area (Å²) in [5.41, 5.74) is -7.81. The topological polar surface area (TPSA) is 27.7 Å². The van der Waals surface area contributed by atoms with Crippen LogP contribution < -0.4 is 14.2 Å². The molecule has 1 aliphatic carbocycles. The Morgan fingerprint density at radius 2 is 1.03 bits per heavy atom. The van der Waals surface area contributed by atoms with Crippen LogP contribution in [0, 0.1) is 23.3 Å². The summed E-state index contributed by atoms with van der Waals surface area (Å²) in [5, 5.41) is 0. The molecule has 0 amide bonds. The molecule has 0 atom stereocenters. The second kappa shape index (κ2) is 9.28. The Morgan fingerprint density at radius 3 is 1.58 bits per heavy atom. The fraction of sp³-hybridized carbons (Fsp3) is 0.280. The van der Waals surface area contributed by atoms with Gasteiger partial charge >= 0.3 is 18.0 Å². The predicted molar refractivity (Wildman–Crippen MR) is 113 cm³/mol. The van der Waals surface area contributed by atoms with Crippen LogP contribution in [0.15, 0.2) is 36.4 Å². The SMILES string of the molecule is CCOc1ccc(OC(F)(F)c2ccc3c(c2F)C(F)(F)C(F)(F)c2c-3ccc(OCC)c2F)c(F)c1F. The Morgan fingerprint density at radius 1 is 0.605 bits per heavy atom. The molecule has 0 unspecified atom stereocenters. The number of alkyl halides is 6. The predicted octanol–water partition coefficient (Wildman–Crippen LogP) is 8.03. The van der Waals surface area contributed by atoms with E-state index in [-0.39, 0.29) is 19.3 Å². The lowest BCUT2D eigenvalue weighted by Crippen LogP contribution is -2.41. The first kappa shape index (κ1) is 27.4. The van der Waals surface area contributed by atoms with Crippen LogP contribution in [0.1, 0.15) is 30.5 Å². The number of hydrogen-bond acceptors (Lipinski definition) is 3. The molecular weight excluding hydrogens is 538 g/mol. The minimum absolute atomic E-state index is 0.105. The number of fused-ring (bicyclic) bond motifs is 3. The monoisotopic (exact) mass is 554 g/mol. The van der Waals surface area contributed by atoms with E-state index in [2.05, 4.69) is 4.74 Å². The van der Waals surface area contributed by atoms with Crippen LogP contribution in [0.5, 0.6) is 17.2 Å². The maximum Gasteiger partial charge on any atom is 0.429 e. The van der Waals surface area contributed by atoms with E-state index in [1.165, 1.54) is 13.8 Å². The van der Waals surface area contributed by atoms with Gasteiger partial charge in [0.2, 0.25) is 11.6 Å². The second-order valence-corrected chi connectivity index (χ2v) is 7.97. The van der Waals surface area contributed by atoms with E-state index >= 15 is 13.2 Å². The van der Waals surface area contributed by atoms with E-state index in [1.807, 2.05) is 0 Å². The summed E-state index contributed by atoms with van der Waals surface area (Å²) >= 11 is 0. The van der Waals surface area contributed by atoms with E-state index < -0.39 is 86.3 Å². The normalized spacial score (nSPS) is 15.5. The molecule has 204 valence electrons. The molecule has 1 aliphatic rings. The first-order valence-corrected chi connectivity index (χ1v) is 10.9. The molecule has 0 fully saturated rings. The van der Waals surface area contributed by atoms with Crippen molar-refractivity contribution in [3.05, 3.63) is 76.4 Å². The van der Waals surface area contributed by atoms with Gasteiger partial charge in [-0.1, -0.05) is 6.07 Å². The van der Waals surface area contributed by atoms with E-state index in [1.54, 1.807) is 0 Å². The zero-order valence-corrected chi connectivity index (χ0v) is 19.4. The van der Waals surface area contributed by atoms with Crippen molar-refractivity contribution >= 4 is 0 Å². The minimum Gasteiger partial charge on any atom is -0.491 e. The molecule has 3 aromatic rings. The quantitative estimate of drug-likeness (QED) is 0.277. The minimum atomic E-state index is -5.52. The molecule has 4 rings (SSSR count). The Hall–Kier alpha value is -3.64. The summed E-state index contributed by atoms with van der Waals surface area (Å²) in [6, 6.07) is 3.53. The van der Waals surface area contributed by atoms with Crippen molar-refractivity contribution < 1.29 is 58.1 Å². The van der Waals surface area contributed by atoms with Gasteiger partial charge in [-0.25, -0.2) is 8.78 Å². The van der Waals surface area contributed by atoms with Gasteiger partial charge in [-0.05, 0) is 55.3 Å². The standard InChI is InChI=1S/C25H16F10O3/c1-3-36-14-8-6-12-11-5-7-13(19(26)17(11)23(30,31)24(32,33)18(12)20(14)27)25(34,35)38-16-10-9-15(37-4-2)21(28)22(16)29/h5-10H,3-4H2,1-2H3. The third kappa shape index (κ3) is 3.99. The Kier molecular flexibility index (Phi) is 6.69. The first-order chi connectivity index (χ1) is 17.7. The van der Waals surface area contributed by atoms with Crippen LogP contribution in [0.2, 0.25) is 0 Å². The lowest BCUT2D eigenvalue weighted by Gasteiger charge is -2.36. The van der Waals surface area contributed by atoms with Crippen LogP contribution in [-0.4, -0.2) is 13.2 Å². The lowest BCUT2D eigenvalue weighted by molar-refractivity contribution is -0.228. The molecule has 3 nitrogen and oxygen atoms in total. The third-order valence-electron chi connectivity index (χ3n) is 5.72. The zero-order valence-electron chi connectivity index (χ0n) is 19.4. The van der Waals surface area contributed by atoms with Crippen molar-refractivity contribution in [2.24, 2.45) is 0 Å². The van der Waals surface area contributed by atoms with Gasteiger partial charge < -0.3 is 14.2 Å². The van der Waals surface area contributed by atoms with E-state index in [4.69, 9.17) is 9.47 Å². The smallest absolute Gasteiger partial charge is 0.429 e. The third-order valence-corrected chi connectivity index (χ3v) is 5.72. The largest absolute Gasteiger partial charge is 0.491 e. The highest BCUT2D eigenvalue weighted by Crippen LogP contribution is 2.60. The number of benzene rings is 3. The van der Waals surface area contributed by atoms with E-state index in [9.17, 15) is 30.7 Å². The maximum atomic E-state index is 15.3. The molecule has 0 bridgehead atoms. The van der Waals surface area contributed by atoms with Crippen molar-refractivity contribution in [3.63, 3.8) is 0 Å². The molecule has 13 heteroatoms. The summed E-state index contributed by atoms with van der Waals surface area (Å²) in [6.07, 6.45) is -4.95. The first-order valence-electron chi connectivity index (χ1n) is 10.9. The van der Waals surface area contributed by atoms with Crippen LogP contribution >= 0.6 is 0 Å². The van der Waals surface area contributed by atoms with Crippen molar-refractivity contribution in [1.82, 2.24) is 0 Å². The average Bonchev–Trinajstić information content (AvgIpc) is 2.83. The molecule has 0 saturated heterocycles. The van der Waals surface area contributed by atoms with Crippen LogP contribution in [0.3, 0.4) is 0 Å². The number of ether oxygens (including phenoxy) is 3. The number of halogens is 10. The molecule has 0 spiro atoms. The highest BCUT2D eigenvalue weighted by molar-refractivity contribution is 5.77. The van der Waals surface area contributed by atoms with Gasteiger partial charge in [-0.15, -0.1) is 0 Å². The molecule has 0 aromatic heterocycles. The highest BCUT2D eigenvalue weighted by atomic mass is 19.3. The molecule has 0 aliphatic heterocycles. The summed E-state index contributed by atoms with van der Waals surface area (Å²) in [7, 11) is 0. The van der Waals surface area contributed by atoms with Gasteiger partial charge in [0.25, 0.3) is 0 Å². The van der Waals surface area contributed by atoms with Crippen LogP contribution in [-0.2, 0) is 18.0 Å². The number of hydrogen-bond donors (Lipinski definition) is 0. The Balaban J connectivity index is 1.86. The average molecular weight is 554 g/mol. The van der Waals surface area contributed by atoms with Gasteiger partial charge in [0.1, 0.15) is 11.4 Å².